The molecule has 0 spiro atoms. The molecule has 0 aromatic carbocycles. The van der Waals surface area contributed by atoms with Gasteiger partial charge < -0.3 is 5.11 Å². The van der Waals surface area contributed by atoms with E-state index in [4.69, 9.17) is 5.11 Å². The molecule has 0 bridgehead atoms. The van der Waals surface area contributed by atoms with Gasteiger partial charge in [0.05, 0.1) is 5.92 Å². The van der Waals surface area contributed by atoms with E-state index in [2.05, 4.69) is 0 Å². The van der Waals surface area contributed by atoms with Crippen LogP contribution in [0.15, 0.2) is 0 Å². The Bertz CT molecular complexity index is 199. The van der Waals surface area contributed by atoms with Crippen molar-refractivity contribution in [1.82, 2.24) is 0 Å². The lowest BCUT2D eigenvalue weighted by atomic mass is 9.95. The van der Waals surface area contributed by atoms with Crippen molar-refractivity contribution in [2.24, 2.45) is 17.8 Å². The Morgan fingerprint density at radius 1 is 1.38 bits per heavy atom. The molecule has 1 saturated heterocycles. The summed E-state index contributed by atoms with van der Waals surface area (Å²) in [6.07, 6.45) is 4.75. The second-order valence-corrected chi connectivity index (χ2v) is 5.46. The summed E-state index contributed by atoms with van der Waals surface area (Å²) in [7, 11) is 0. The van der Waals surface area contributed by atoms with Crippen molar-refractivity contribution in [3.8, 4) is 0 Å². The Morgan fingerprint density at radius 2 is 2.08 bits per heavy atom. The first-order chi connectivity index (χ1) is 6.27. The monoisotopic (exact) mass is 200 g/mol. The molecule has 2 fully saturated rings. The normalized spacial score (nSPS) is 34.5. The molecule has 1 aliphatic heterocycles. The van der Waals surface area contributed by atoms with Gasteiger partial charge in [0.1, 0.15) is 0 Å². The third-order valence-electron chi connectivity index (χ3n) is 3.22. The zero-order valence-electron chi connectivity index (χ0n) is 7.74. The highest BCUT2D eigenvalue weighted by atomic mass is 32.2. The highest BCUT2D eigenvalue weighted by molar-refractivity contribution is 7.99. The van der Waals surface area contributed by atoms with Crippen LogP contribution in [0.2, 0.25) is 0 Å². The highest BCUT2D eigenvalue weighted by Crippen LogP contribution is 2.45. The fourth-order valence-corrected chi connectivity index (χ4v) is 3.42. The minimum absolute atomic E-state index is 0.00887. The summed E-state index contributed by atoms with van der Waals surface area (Å²) in [4.78, 5) is 10.6. The molecule has 3 heteroatoms. The van der Waals surface area contributed by atoms with E-state index >= 15 is 0 Å². The van der Waals surface area contributed by atoms with Gasteiger partial charge in [0.25, 0.3) is 0 Å². The Labute approximate surface area is 83.1 Å². The lowest BCUT2D eigenvalue weighted by Gasteiger charge is -2.20. The second kappa shape index (κ2) is 3.91. The molecule has 2 nitrogen and oxygen atoms in total. The van der Waals surface area contributed by atoms with Gasteiger partial charge in [-0.05, 0) is 49.0 Å². The largest absolute Gasteiger partial charge is 0.481 e. The van der Waals surface area contributed by atoms with E-state index in [-0.39, 0.29) is 5.92 Å². The number of hydrogen-bond acceptors (Lipinski definition) is 2. The molecule has 13 heavy (non-hydrogen) atoms. The van der Waals surface area contributed by atoms with Crippen molar-refractivity contribution in [1.29, 1.82) is 0 Å². The van der Waals surface area contributed by atoms with Crippen molar-refractivity contribution in [3.63, 3.8) is 0 Å². The van der Waals surface area contributed by atoms with Gasteiger partial charge in [-0.1, -0.05) is 0 Å². The van der Waals surface area contributed by atoms with Crippen molar-refractivity contribution < 1.29 is 9.90 Å². The van der Waals surface area contributed by atoms with Crippen LogP contribution >= 0.6 is 11.8 Å². The van der Waals surface area contributed by atoms with Crippen LogP contribution in [0.4, 0.5) is 0 Å². The van der Waals surface area contributed by atoms with Crippen LogP contribution in [0.25, 0.3) is 0 Å². The average molecular weight is 200 g/mol. The van der Waals surface area contributed by atoms with Crippen LogP contribution in [0.5, 0.6) is 0 Å². The molecule has 2 atom stereocenters. The van der Waals surface area contributed by atoms with Crippen LogP contribution in [-0.2, 0) is 4.79 Å². The number of carbonyl (C=O) groups is 1. The van der Waals surface area contributed by atoms with E-state index in [0.29, 0.717) is 5.92 Å². The van der Waals surface area contributed by atoms with Gasteiger partial charge in [-0.3, -0.25) is 4.79 Å². The molecule has 0 aromatic heterocycles. The lowest BCUT2D eigenvalue weighted by molar-refractivity contribution is -0.138. The van der Waals surface area contributed by atoms with Crippen LogP contribution in [0.1, 0.15) is 25.7 Å². The number of rotatable bonds is 3. The molecule has 2 aliphatic rings. The number of carboxylic acids is 1. The fourth-order valence-electron chi connectivity index (χ4n) is 2.22. The molecule has 2 rings (SSSR count). The zero-order valence-corrected chi connectivity index (χ0v) is 8.55. The van der Waals surface area contributed by atoms with Gasteiger partial charge in [-0.15, -0.1) is 0 Å². The van der Waals surface area contributed by atoms with Crippen molar-refractivity contribution in [2.45, 2.75) is 25.7 Å². The molecule has 2 unspecified atom stereocenters. The van der Waals surface area contributed by atoms with Crippen LogP contribution < -0.4 is 0 Å². The molecule has 74 valence electrons. The van der Waals surface area contributed by atoms with Gasteiger partial charge in [0.2, 0.25) is 0 Å². The Kier molecular flexibility index (Phi) is 2.82. The van der Waals surface area contributed by atoms with Gasteiger partial charge in [0, 0.05) is 0 Å². The number of aliphatic carboxylic acids is 1. The minimum atomic E-state index is -0.574. The molecule has 1 saturated carbocycles. The van der Waals surface area contributed by atoms with Crippen molar-refractivity contribution in [3.05, 3.63) is 0 Å². The van der Waals surface area contributed by atoms with E-state index in [0.717, 1.165) is 12.3 Å². The quantitative estimate of drug-likeness (QED) is 0.759. The average Bonchev–Trinajstić information content (AvgIpc) is 2.86. The summed E-state index contributed by atoms with van der Waals surface area (Å²) in [5.74, 6) is 3.36. The molecular formula is C10H16O2S. The predicted octanol–water partition coefficient (Wildman–Crippen LogP) is 2.24. The maximum absolute atomic E-state index is 10.6. The summed E-state index contributed by atoms with van der Waals surface area (Å²) >= 11 is 2.04. The minimum Gasteiger partial charge on any atom is -0.481 e. The van der Waals surface area contributed by atoms with Crippen molar-refractivity contribution in [2.75, 3.05) is 11.5 Å². The molecule has 0 radical (unpaired) electrons. The third kappa shape index (κ3) is 2.39. The Hall–Kier alpha value is -0.180. The fraction of sp³-hybridized carbons (Fsp3) is 0.900. The summed E-state index contributed by atoms with van der Waals surface area (Å²) < 4.78 is 0. The zero-order chi connectivity index (χ0) is 9.26. The summed E-state index contributed by atoms with van der Waals surface area (Å²) in [5, 5.41) is 8.75. The SMILES string of the molecule is O=C(O)C1CC1CC1CCSCC1. The second-order valence-electron chi connectivity index (χ2n) is 4.23. The van der Waals surface area contributed by atoms with Gasteiger partial charge in [-0.2, -0.15) is 11.8 Å². The third-order valence-corrected chi connectivity index (χ3v) is 4.27. The first kappa shape index (κ1) is 9.38. The highest BCUT2D eigenvalue weighted by Gasteiger charge is 2.43. The number of carboxylic acid groups (broad SMARTS) is 1. The van der Waals surface area contributed by atoms with Crippen LogP contribution in [-0.4, -0.2) is 22.6 Å². The standard InChI is InChI=1S/C10H16O2S/c11-10(12)9-6-8(9)5-7-1-3-13-4-2-7/h7-9H,1-6H2,(H,11,12). The van der Waals surface area contributed by atoms with Gasteiger partial charge in [0.15, 0.2) is 0 Å². The Balaban J connectivity index is 1.70. The van der Waals surface area contributed by atoms with E-state index in [1.807, 2.05) is 11.8 Å². The molecule has 1 N–H and O–H groups in total. The first-order valence-electron chi connectivity index (χ1n) is 5.08. The maximum atomic E-state index is 10.6. The van der Waals surface area contributed by atoms with E-state index < -0.39 is 5.97 Å². The smallest absolute Gasteiger partial charge is 0.306 e. The van der Waals surface area contributed by atoms with E-state index in [1.165, 1.54) is 30.8 Å². The summed E-state index contributed by atoms with van der Waals surface area (Å²) in [6, 6.07) is 0. The predicted molar refractivity (Wildman–Crippen MR) is 53.9 cm³/mol. The molecular weight excluding hydrogens is 184 g/mol. The summed E-state index contributed by atoms with van der Waals surface area (Å²) in [6.45, 7) is 0. The van der Waals surface area contributed by atoms with E-state index in [9.17, 15) is 4.79 Å². The van der Waals surface area contributed by atoms with Gasteiger partial charge >= 0.3 is 5.97 Å². The van der Waals surface area contributed by atoms with Crippen LogP contribution in [0, 0.1) is 17.8 Å². The molecule has 0 aromatic rings. The molecule has 1 aliphatic carbocycles. The topological polar surface area (TPSA) is 37.3 Å². The van der Waals surface area contributed by atoms with Gasteiger partial charge in [-0.25, -0.2) is 0 Å². The maximum Gasteiger partial charge on any atom is 0.306 e. The molecule has 1 heterocycles. The van der Waals surface area contributed by atoms with E-state index in [1.54, 1.807) is 0 Å². The number of thioether (sulfide) groups is 1. The molecule has 0 amide bonds. The Morgan fingerprint density at radius 3 is 2.62 bits per heavy atom. The summed E-state index contributed by atoms with van der Waals surface area (Å²) in [5.41, 5.74) is 0. The first-order valence-corrected chi connectivity index (χ1v) is 6.23. The lowest BCUT2D eigenvalue weighted by Crippen LogP contribution is -2.11. The van der Waals surface area contributed by atoms with Crippen molar-refractivity contribution >= 4 is 17.7 Å². The number of hydrogen-bond donors (Lipinski definition) is 1. The van der Waals surface area contributed by atoms with Crippen LogP contribution in [0.3, 0.4) is 0 Å².